The number of urea groups is 1. The summed E-state index contributed by atoms with van der Waals surface area (Å²) in [6.45, 7) is 6.09. The van der Waals surface area contributed by atoms with Crippen LogP contribution in [0.5, 0.6) is 0 Å². The lowest BCUT2D eigenvalue weighted by molar-refractivity contribution is -0.141. The normalized spacial score (nSPS) is 25.3. The van der Waals surface area contributed by atoms with Crippen molar-refractivity contribution in [3.8, 4) is 0 Å². The molecule has 18 heavy (non-hydrogen) atoms. The summed E-state index contributed by atoms with van der Waals surface area (Å²) < 4.78 is 0. The van der Waals surface area contributed by atoms with Crippen molar-refractivity contribution in [2.75, 3.05) is 6.54 Å². The van der Waals surface area contributed by atoms with Crippen molar-refractivity contribution in [2.45, 2.75) is 51.8 Å². The maximum absolute atomic E-state index is 11.9. The third-order valence-electron chi connectivity index (χ3n) is 3.02. The first-order valence-corrected chi connectivity index (χ1v) is 6.29. The number of hydrogen-bond acceptors (Lipinski definition) is 3. The molecule has 3 atom stereocenters. The number of β-amino-alcohol motifs (C(OH)–C–C–N with tert-alkyl or cyclic N) is 1. The maximum atomic E-state index is 11.9. The molecule has 6 heteroatoms. The molecule has 1 fully saturated rings. The molecule has 6 nitrogen and oxygen atoms in total. The highest BCUT2D eigenvalue weighted by atomic mass is 16.4. The van der Waals surface area contributed by atoms with Gasteiger partial charge in [0.1, 0.15) is 6.04 Å². The average molecular weight is 258 g/mol. The monoisotopic (exact) mass is 258 g/mol. The van der Waals surface area contributed by atoms with Gasteiger partial charge in [0.05, 0.1) is 6.10 Å². The molecule has 3 N–H and O–H groups in total. The number of nitrogens with one attached hydrogen (secondary N) is 1. The number of carboxylic acid groups (broad SMARTS) is 1. The summed E-state index contributed by atoms with van der Waals surface area (Å²) in [7, 11) is 0. The maximum Gasteiger partial charge on any atom is 0.326 e. The molecule has 0 aromatic rings. The lowest BCUT2D eigenvalue weighted by Crippen LogP contribution is -2.48. The second-order valence-corrected chi connectivity index (χ2v) is 5.38. The first-order chi connectivity index (χ1) is 8.31. The molecule has 1 rings (SSSR count). The van der Waals surface area contributed by atoms with Crippen LogP contribution >= 0.6 is 0 Å². The molecule has 1 saturated heterocycles. The van der Waals surface area contributed by atoms with E-state index < -0.39 is 24.1 Å². The van der Waals surface area contributed by atoms with Gasteiger partial charge in [-0.15, -0.1) is 0 Å². The molecule has 104 valence electrons. The Labute approximate surface area is 107 Å². The zero-order valence-corrected chi connectivity index (χ0v) is 11.1. The number of carbonyl (C=O) groups excluding carboxylic acids is 1. The number of rotatable bonds is 4. The Morgan fingerprint density at radius 3 is 2.50 bits per heavy atom. The smallest absolute Gasteiger partial charge is 0.326 e. The summed E-state index contributed by atoms with van der Waals surface area (Å²) in [5.41, 5.74) is 0. The molecule has 0 saturated carbocycles. The summed E-state index contributed by atoms with van der Waals surface area (Å²) in [5.74, 6) is -0.613. The fourth-order valence-corrected chi connectivity index (χ4v) is 2.33. The van der Waals surface area contributed by atoms with Crippen molar-refractivity contribution in [1.82, 2.24) is 10.2 Å². The van der Waals surface area contributed by atoms with Crippen molar-refractivity contribution in [3.05, 3.63) is 0 Å². The minimum Gasteiger partial charge on any atom is -0.480 e. The van der Waals surface area contributed by atoms with Gasteiger partial charge in [0.15, 0.2) is 0 Å². The minimum atomic E-state index is -1.07. The fourth-order valence-electron chi connectivity index (χ4n) is 2.33. The Morgan fingerprint density at radius 2 is 2.00 bits per heavy atom. The molecule has 0 aromatic heterocycles. The summed E-state index contributed by atoms with van der Waals surface area (Å²) in [5, 5.41) is 21.2. The van der Waals surface area contributed by atoms with Crippen LogP contribution in [0.2, 0.25) is 0 Å². The van der Waals surface area contributed by atoms with Crippen LogP contribution in [-0.2, 0) is 4.79 Å². The number of amides is 2. The minimum absolute atomic E-state index is 0.00955. The van der Waals surface area contributed by atoms with E-state index in [9.17, 15) is 14.7 Å². The highest BCUT2D eigenvalue weighted by Gasteiger charge is 2.39. The third kappa shape index (κ3) is 3.87. The molecule has 0 aromatic carbocycles. The largest absolute Gasteiger partial charge is 0.480 e. The Kier molecular flexibility index (Phi) is 4.95. The predicted octanol–water partition coefficient (Wildman–Crippen LogP) is 0.650. The van der Waals surface area contributed by atoms with E-state index in [1.807, 2.05) is 6.92 Å². The molecule has 1 heterocycles. The van der Waals surface area contributed by atoms with Crippen molar-refractivity contribution in [3.63, 3.8) is 0 Å². The van der Waals surface area contributed by atoms with Gasteiger partial charge in [-0.1, -0.05) is 13.8 Å². The van der Waals surface area contributed by atoms with Crippen LogP contribution in [0, 0.1) is 5.92 Å². The second kappa shape index (κ2) is 6.04. The van der Waals surface area contributed by atoms with Gasteiger partial charge in [-0.05, 0) is 19.3 Å². The van der Waals surface area contributed by atoms with Gasteiger partial charge in [-0.25, -0.2) is 9.59 Å². The van der Waals surface area contributed by atoms with Gasteiger partial charge in [-0.3, -0.25) is 0 Å². The highest BCUT2D eigenvalue weighted by molar-refractivity contribution is 5.83. The van der Waals surface area contributed by atoms with E-state index in [1.165, 1.54) is 4.90 Å². The summed E-state index contributed by atoms with van der Waals surface area (Å²) in [6, 6.07) is -1.34. The SMILES string of the molecule is CC(C)CC(C)NC(=O)N1CC(O)C[C@H]1C(=O)O. The van der Waals surface area contributed by atoms with Crippen molar-refractivity contribution in [2.24, 2.45) is 5.92 Å². The molecule has 2 unspecified atom stereocenters. The number of nitrogens with zero attached hydrogens (tertiary/aromatic N) is 1. The van der Waals surface area contributed by atoms with E-state index in [0.29, 0.717) is 5.92 Å². The quantitative estimate of drug-likeness (QED) is 0.690. The second-order valence-electron chi connectivity index (χ2n) is 5.38. The molecule has 0 spiro atoms. The number of aliphatic carboxylic acids is 1. The van der Waals surface area contributed by atoms with Crippen LogP contribution in [-0.4, -0.2) is 51.8 Å². The Bertz CT molecular complexity index is 319. The lowest BCUT2D eigenvalue weighted by atomic mass is 10.1. The van der Waals surface area contributed by atoms with E-state index in [1.54, 1.807) is 0 Å². The van der Waals surface area contributed by atoms with Crippen molar-refractivity contribution >= 4 is 12.0 Å². The number of carbonyl (C=O) groups is 2. The number of aliphatic hydroxyl groups is 1. The van der Waals surface area contributed by atoms with Gasteiger partial charge < -0.3 is 20.4 Å². The molecule has 1 aliphatic rings. The summed E-state index contributed by atoms with van der Waals surface area (Å²) >= 11 is 0. The zero-order chi connectivity index (χ0) is 13.9. The standard InChI is InChI=1S/C12H22N2O4/c1-7(2)4-8(3)13-12(18)14-6-9(15)5-10(14)11(16)17/h7-10,15H,4-6H2,1-3H3,(H,13,18)(H,16,17)/t8?,9?,10-/m0/s1. The summed E-state index contributed by atoms with van der Waals surface area (Å²) in [4.78, 5) is 24.1. The van der Waals surface area contributed by atoms with Gasteiger partial charge in [0.25, 0.3) is 0 Å². The van der Waals surface area contributed by atoms with E-state index in [2.05, 4.69) is 19.2 Å². The predicted molar refractivity (Wildman–Crippen MR) is 66.2 cm³/mol. The number of hydrogen-bond donors (Lipinski definition) is 3. The third-order valence-corrected chi connectivity index (χ3v) is 3.02. The van der Waals surface area contributed by atoms with E-state index in [4.69, 9.17) is 5.11 Å². The topological polar surface area (TPSA) is 89.9 Å². The summed E-state index contributed by atoms with van der Waals surface area (Å²) in [6.07, 6.45) is 0.179. The van der Waals surface area contributed by atoms with Crippen LogP contribution < -0.4 is 5.32 Å². The van der Waals surface area contributed by atoms with Gasteiger partial charge >= 0.3 is 12.0 Å². The Hall–Kier alpha value is -1.30. The highest BCUT2D eigenvalue weighted by Crippen LogP contribution is 2.18. The zero-order valence-electron chi connectivity index (χ0n) is 11.1. The van der Waals surface area contributed by atoms with Crippen LogP contribution in [0.15, 0.2) is 0 Å². The van der Waals surface area contributed by atoms with Crippen molar-refractivity contribution in [1.29, 1.82) is 0 Å². The number of aliphatic hydroxyl groups excluding tert-OH is 1. The van der Waals surface area contributed by atoms with Crippen LogP contribution in [0.3, 0.4) is 0 Å². The molecular weight excluding hydrogens is 236 g/mol. The molecule has 0 bridgehead atoms. The van der Waals surface area contributed by atoms with Gasteiger partial charge in [0.2, 0.25) is 0 Å². The van der Waals surface area contributed by atoms with Gasteiger partial charge in [0, 0.05) is 19.0 Å². The van der Waals surface area contributed by atoms with E-state index in [-0.39, 0.29) is 19.0 Å². The van der Waals surface area contributed by atoms with Crippen LogP contribution in [0.1, 0.15) is 33.6 Å². The molecule has 2 amide bonds. The first kappa shape index (κ1) is 14.8. The molecule has 1 aliphatic heterocycles. The molecular formula is C12H22N2O4. The lowest BCUT2D eigenvalue weighted by Gasteiger charge is -2.24. The Morgan fingerprint density at radius 1 is 1.39 bits per heavy atom. The van der Waals surface area contributed by atoms with E-state index in [0.717, 1.165) is 6.42 Å². The van der Waals surface area contributed by atoms with Crippen molar-refractivity contribution < 1.29 is 19.8 Å². The average Bonchev–Trinajstić information content (AvgIpc) is 2.58. The fraction of sp³-hybridized carbons (Fsp3) is 0.833. The van der Waals surface area contributed by atoms with Crippen LogP contribution in [0.4, 0.5) is 4.79 Å². The molecule has 0 aliphatic carbocycles. The molecule has 0 radical (unpaired) electrons. The van der Waals surface area contributed by atoms with E-state index >= 15 is 0 Å². The van der Waals surface area contributed by atoms with Gasteiger partial charge in [-0.2, -0.15) is 0 Å². The number of likely N-dealkylation sites (tertiary alicyclic amines) is 1. The van der Waals surface area contributed by atoms with Crippen LogP contribution in [0.25, 0.3) is 0 Å². The first-order valence-electron chi connectivity index (χ1n) is 6.29. The number of carboxylic acids is 1. The Balaban J connectivity index is 2.57.